The molecular formula is C18H8F2N2O5. The molecule has 1 aliphatic heterocycles. The summed E-state index contributed by atoms with van der Waals surface area (Å²) in [5.74, 6) is -1.24. The average Bonchev–Trinajstić information content (AvgIpc) is 3.03. The Bertz CT molecular complexity index is 1150. The highest BCUT2D eigenvalue weighted by molar-refractivity contribution is 6.13. The number of urea groups is 1. The van der Waals surface area contributed by atoms with Crippen molar-refractivity contribution in [2.75, 3.05) is 0 Å². The maximum absolute atomic E-state index is 14.3. The normalized spacial score (nSPS) is 19.0. The summed E-state index contributed by atoms with van der Waals surface area (Å²) in [7, 11) is 0. The first-order valence-electron chi connectivity index (χ1n) is 7.50. The van der Waals surface area contributed by atoms with Crippen LogP contribution in [0.15, 0.2) is 24.3 Å². The molecule has 0 aromatic heterocycles. The van der Waals surface area contributed by atoms with Crippen LogP contribution in [0.2, 0.25) is 0 Å². The molecule has 27 heavy (non-hydrogen) atoms. The van der Waals surface area contributed by atoms with Gasteiger partial charge in [0.25, 0.3) is 5.91 Å². The number of phenolic OH excluding ortho intramolecular Hbond substituents is 1. The maximum Gasteiger partial charge on any atom is 0.382 e. The van der Waals surface area contributed by atoms with Gasteiger partial charge in [-0.1, -0.05) is 12.0 Å². The van der Waals surface area contributed by atoms with E-state index in [0.29, 0.717) is 0 Å². The number of benzene rings is 2. The fourth-order valence-corrected chi connectivity index (χ4v) is 3.48. The number of carboxylic acids is 1. The number of fused-ring (bicyclic) bond motifs is 5. The molecule has 1 atom stereocenters. The Hall–Kier alpha value is -3.93. The Morgan fingerprint density at radius 3 is 2.52 bits per heavy atom. The molecule has 134 valence electrons. The largest absolute Gasteiger partial charge is 0.504 e. The fraction of sp³-hybridized carbons (Fsp3) is 0.0556. The van der Waals surface area contributed by atoms with Gasteiger partial charge in [-0.2, -0.15) is 0 Å². The summed E-state index contributed by atoms with van der Waals surface area (Å²) < 4.78 is 28.2. The minimum atomic E-state index is -1.92. The lowest BCUT2D eigenvalue weighted by atomic mass is 9.87. The fourth-order valence-electron chi connectivity index (χ4n) is 3.48. The van der Waals surface area contributed by atoms with Crippen molar-refractivity contribution in [2.24, 2.45) is 0 Å². The van der Waals surface area contributed by atoms with Crippen molar-refractivity contribution in [2.45, 2.75) is 5.54 Å². The van der Waals surface area contributed by atoms with Gasteiger partial charge in [0.15, 0.2) is 17.1 Å². The van der Waals surface area contributed by atoms with Gasteiger partial charge in [-0.05, 0) is 23.8 Å². The number of carbonyl (C=O) groups excluding carboxylic acids is 2. The Morgan fingerprint density at radius 1 is 1.15 bits per heavy atom. The molecule has 0 radical (unpaired) electrons. The van der Waals surface area contributed by atoms with Crippen LogP contribution in [-0.4, -0.2) is 28.1 Å². The van der Waals surface area contributed by atoms with Crippen LogP contribution in [0, 0.1) is 23.5 Å². The summed E-state index contributed by atoms with van der Waals surface area (Å²) >= 11 is 0. The molecule has 9 heteroatoms. The summed E-state index contributed by atoms with van der Waals surface area (Å²) in [6.07, 6.45) is 0. The molecule has 0 bridgehead atoms. The van der Waals surface area contributed by atoms with Gasteiger partial charge in [-0.3, -0.25) is 10.1 Å². The van der Waals surface area contributed by atoms with Crippen LogP contribution in [0.1, 0.15) is 16.7 Å². The van der Waals surface area contributed by atoms with E-state index >= 15 is 0 Å². The Balaban J connectivity index is 2.16. The molecule has 4 N–H and O–H groups in total. The van der Waals surface area contributed by atoms with Crippen molar-refractivity contribution in [3.8, 4) is 28.7 Å². The molecule has 1 unspecified atom stereocenters. The third-order valence-corrected chi connectivity index (χ3v) is 4.48. The Morgan fingerprint density at radius 2 is 1.89 bits per heavy atom. The molecular weight excluding hydrogens is 362 g/mol. The standard InChI is InChI=1S/C18H8F2N2O5/c19-7-1-2-8-10(5-7)18(16(26)21-17(27)22-18)11-6-12(20)15(25)9(14(8)11)3-4-13(23)24/h1-2,5-6,25H,(H,23,24)(H2,21,22,26,27). The van der Waals surface area contributed by atoms with Crippen molar-refractivity contribution < 1.29 is 33.4 Å². The van der Waals surface area contributed by atoms with Crippen LogP contribution in [0.25, 0.3) is 11.1 Å². The van der Waals surface area contributed by atoms with E-state index < -0.39 is 40.8 Å². The average molecular weight is 370 g/mol. The highest BCUT2D eigenvalue weighted by Gasteiger charge is 2.56. The van der Waals surface area contributed by atoms with Gasteiger partial charge >= 0.3 is 12.0 Å². The summed E-state index contributed by atoms with van der Waals surface area (Å²) in [4.78, 5) is 35.2. The summed E-state index contributed by atoms with van der Waals surface area (Å²) in [6.45, 7) is 0. The minimum Gasteiger partial charge on any atom is -0.504 e. The smallest absolute Gasteiger partial charge is 0.382 e. The second-order valence-electron chi connectivity index (χ2n) is 5.91. The molecule has 2 aromatic carbocycles. The zero-order valence-corrected chi connectivity index (χ0v) is 13.2. The number of rotatable bonds is 0. The number of carboxylic acid groups (broad SMARTS) is 1. The molecule has 7 nitrogen and oxygen atoms in total. The first-order valence-corrected chi connectivity index (χ1v) is 7.50. The predicted molar refractivity (Wildman–Crippen MR) is 85.4 cm³/mol. The predicted octanol–water partition coefficient (Wildman–Crippen LogP) is 1.17. The van der Waals surface area contributed by atoms with Gasteiger partial charge in [-0.15, -0.1) is 0 Å². The molecule has 0 saturated carbocycles. The van der Waals surface area contributed by atoms with E-state index in [1.807, 2.05) is 5.32 Å². The van der Waals surface area contributed by atoms with Gasteiger partial charge < -0.3 is 15.5 Å². The van der Waals surface area contributed by atoms with Crippen molar-refractivity contribution in [1.29, 1.82) is 0 Å². The van der Waals surface area contributed by atoms with Crippen LogP contribution < -0.4 is 10.6 Å². The van der Waals surface area contributed by atoms with Gasteiger partial charge in [0, 0.05) is 22.6 Å². The number of carbonyl (C=O) groups is 3. The van der Waals surface area contributed by atoms with Gasteiger partial charge in [0.2, 0.25) is 0 Å². The van der Waals surface area contributed by atoms with Crippen LogP contribution in [-0.2, 0) is 15.1 Å². The lowest BCUT2D eigenvalue weighted by molar-refractivity contribution is -0.130. The second kappa shape index (κ2) is 5.28. The highest BCUT2D eigenvalue weighted by Crippen LogP contribution is 2.52. The first-order chi connectivity index (χ1) is 12.8. The molecule has 1 heterocycles. The minimum absolute atomic E-state index is 0.0178. The number of phenols is 1. The van der Waals surface area contributed by atoms with Crippen molar-refractivity contribution in [3.05, 3.63) is 52.6 Å². The summed E-state index contributed by atoms with van der Waals surface area (Å²) in [5, 5.41) is 23.3. The van der Waals surface area contributed by atoms with Crippen molar-refractivity contribution in [3.63, 3.8) is 0 Å². The number of hydrogen-bond acceptors (Lipinski definition) is 4. The Kier molecular flexibility index (Phi) is 3.23. The SMILES string of the molecule is O=C(O)C#Cc1c(O)c(F)cc2c1-c1ccc(F)cc1C21NC(=O)NC1=O. The van der Waals surface area contributed by atoms with E-state index in [2.05, 4.69) is 11.2 Å². The van der Waals surface area contributed by atoms with Crippen LogP contribution >= 0.6 is 0 Å². The molecule has 1 saturated heterocycles. The van der Waals surface area contributed by atoms with Crippen LogP contribution in [0.3, 0.4) is 0 Å². The number of aliphatic carboxylic acids is 1. The first kappa shape index (κ1) is 16.5. The third-order valence-electron chi connectivity index (χ3n) is 4.48. The van der Waals surface area contributed by atoms with E-state index in [0.717, 1.165) is 18.2 Å². The van der Waals surface area contributed by atoms with Gasteiger partial charge in [-0.25, -0.2) is 18.4 Å². The number of hydrogen-bond donors (Lipinski definition) is 4. The lowest BCUT2D eigenvalue weighted by Gasteiger charge is -2.23. The van der Waals surface area contributed by atoms with Gasteiger partial charge in [0.1, 0.15) is 5.82 Å². The molecule has 2 aliphatic rings. The van der Waals surface area contributed by atoms with E-state index in [4.69, 9.17) is 5.11 Å². The van der Waals surface area contributed by atoms with Gasteiger partial charge in [0.05, 0.1) is 5.56 Å². The second-order valence-corrected chi connectivity index (χ2v) is 5.91. The lowest BCUT2D eigenvalue weighted by Crippen LogP contribution is -2.43. The number of nitrogens with one attached hydrogen (secondary N) is 2. The van der Waals surface area contributed by atoms with Crippen molar-refractivity contribution in [1.82, 2.24) is 10.6 Å². The number of amides is 3. The molecule has 1 fully saturated rings. The summed E-state index contributed by atoms with van der Waals surface area (Å²) in [6, 6.07) is 3.32. The van der Waals surface area contributed by atoms with Crippen LogP contribution in [0.5, 0.6) is 5.75 Å². The zero-order chi connectivity index (χ0) is 19.5. The zero-order valence-electron chi connectivity index (χ0n) is 13.2. The monoisotopic (exact) mass is 370 g/mol. The number of imide groups is 1. The highest BCUT2D eigenvalue weighted by atomic mass is 19.1. The van der Waals surface area contributed by atoms with E-state index in [9.17, 15) is 28.3 Å². The maximum atomic E-state index is 14.3. The third kappa shape index (κ3) is 2.10. The Labute approximate surface area is 149 Å². The molecule has 3 amide bonds. The molecule has 1 spiro atoms. The van der Waals surface area contributed by atoms with Crippen molar-refractivity contribution >= 4 is 17.9 Å². The van der Waals surface area contributed by atoms with E-state index in [1.54, 1.807) is 5.92 Å². The van der Waals surface area contributed by atoms with Crippen LogP contribution in [0.4, 0.5) is 13.6 Å². The number of aromatic hydroxyl groups is 1. The molecule has 4 rings (SSSR count). The number of halogens is 2. The van der Waals surface area contributed by atoms with E-state index in [1.165, 1.54) is 6.07 Å². The summed E-state index contributed by atoms with van der Waals surface area (Å²) in [5.41, 5.74) is -2.13. The topological polar surface area (TPSA) is 116 Å². The molecule has 1 aliphatic carbocycles. The quantitative estimate of drug-likeness (QED) is 0.410. The van der Waals surface area contributed by atoms with E-state index in [-0.39, 0.29) is 27.8 Å². The molecule has 2 aromatic rings.